The third-order valence-corrected chi connectivity index (χ3v) is 3.93. The van der Waals surface area contributed by atoms with Gasteiger partial charge in [0.15, 0.2) is 5.96 Å². The summed E-state index contributed by atoms with van der Waals surface area (Å²) in [7, 11) is 3.50. The standard InChI is InChI=1S/C17H28N4OS/c1-21(2)16(22)14-20-17(18-11-7-8-12-23-3)19-13-15-9-5-4-6-10-15/h4-6,9-10H,7-8,11-14H2,1-3H3,(H2,18,19,20). The van der Waals surface area contributed by atoms with Gasteiger partial charge in [0.1, 0.15) is 0 Å². The summed E-state index contributed by atoms with van der Waals surface area (Å²) in [5.41, 5.74) is 1.15. The van der Waals surface area contributed by atoms with Crippen LogP contribution in [0.15, 0.2) is 35.3 Å². The number of nitrogens with zero attached hydrogens (tertiary/aromatic N) is 2. The smallest absolute Gasteiger partial charge is 0.241 e. The Morgan fingerprint density at radius 2 is 1.91 bits per heavy atom. The van der Waals surface area contributed by atoms with Crippen LogP contribution in [-0.2, 0) is 11.3 Å². The zero-order chi connectivity index (χ0) is 16.9. The van der Waals surface area contributed by atoms with Crippen LogP contribution in [0.2, 0.25) is 0 Å². The molecule has 2 N–H and O–H groups in total. The van der Waals surface area contributed by atoms with E-state index in [2.05, 4.69) is 21.9 Å². The van der Waals surface area contributed by atoms with Gasteiger partial charge < -0.3 is 15.5 Å². The second kappa shape index (κ2) is 11.8. The second-order valence-corrected chi connectivity index (χ2v) is 6.40. The van der Waals surface area contributed by atoms with Crippen molar-refractivity contribution >= 4 is 23.6 Å². The fraction of sp³-hybridized carbons (Fsp3) is 0.529. The van der Waals surface area contributed by atoms with Gasteiger partial charge in [-0.15, -0.1) is 0 Å². The maximum absolute atomic E-state index is 11.7. The number of aliphatic imine (C=N–C) groups is 1. The molecular formula is C17H28N4OS. The molecular weight excluding hydrogens is 308 g/mol. The van der Waals surface area contributed by atoms with Crippen molar-refractivity contribution in [2.75, 3.05) is 39.2 Å². The quantitative estimate of drug-likeness (QED) is 0.411. The van der Waals surface area contributed by atoms with Gasteiger partial charge >= 0.3 is 0 Å². The molecule has 6 heteroatoms. The summed E-state index contributed by atoms with van der Waals surface area (Å²) in [6.45, 7) is 1.70. The lowest BCUT2D eigenvalue weighted by Crippen LogP contribution is -2.43. The molecule has 0 spiro atoms. The van der Waals surface area contributed by atoms with Gasteiger partial charge in [-0.3, -0.25) is 4.79 Å². The zero-order valence-corrected chi connectivity index (χ0v) is 15.2. The van der Waals surface area contributed by atoms with Crippen LogP contribution in [-0.4, -0.2) is 56.0 Å². The van der Waals surface area contributed by atoms with Crippen molar-refractivity contribution in [1.29, 1.82) is 0 Å². The van der Waals surface area contributed by atoms with Crippen LogP contribution in [0, 0.1) is 0 Å². The van der Waals surface area contributed by atoms with Gasteiger partial charge in [-0.25, -0.2) is 4.99 Å². The van der Waals surface area contributed by atoms with Crippen molar-refractivity contribution < 1.29 is 4.79 Å². The summed E-state index contributed by atoms with van der Waals surface area (Å²) in [6, 6.07) is 10.1. The predicted molar refractivity (Wildman–Crippen MR) is 99.9 cm³/mol. The molecule has 0 aliphatic rings. The molecule has 0 unspecified atom stereocenters. The van der Waals surface area contributed by atoms with Crippen LogP contribution in [0.5, 0.6) is 0 Å². The van der Waals surface area contributed by atoms with E-state index in [-0.39, 0.29) is 12.5 Å². The van der Waals surface area contributed by atoms with Crippen LogP contribution in [0.1, 0.15) is 18.4 Å². The van der Waals surface area contributed by atoms with Crippen molar-refractivity contribution in [3.8, 4) is 0 Å². The van der Waals surface area contributed by atoms with Crippen LogP contribution in [0.4, 0.5) is 0 Å². The number of thioether (sulfide) groups is 1. The first kappa shape index (κ1) is 19.4. The monoisotopic (exact) mass is 336 g/mol. The van der Waals surface area contributed by atoms with Gasteiger partial charge in [0.05, 0.1) is 13.1 Å². The molecule has 5 nitrogen and oxygen atoms in total. The predicted octanol–water partition coefficient (Wildman–Crippen LogP) is 1.95. The highest BCUT2D eigenvalue weighted by Crippen LogP contribution is 2.00. The molecule has 1 aromatic rings. The molecule has 0 aromatic heterocycles. The van der Waals surface area contributed by atoms with Gasteiger partial charge in [0.2, 0.25) is 5.91 Å². The molecule has 0 saturated carbocycles. The Hall–Kier alpha value is -1.69. The first-order valence-electron chi connectivity index (χ1n) is 7.88. The molecule has 0 bridgehead atoms. The van der Waals surface area contributed by atoms with E-state index in [9.17, 15) is 4.79 Å². The maximum atomic E-state index is 11.7. The summed E-state index contributed by atoms with van der Waals surface area (Å²) < 4.78 is 0. The van der Waals surface area contributed by atoms with Crippen LogP contribution >= 0.6 is 11.8 Å². The van der Waals surface area contributed by atoms with E-state index in [0.29, 0.717) is 12.5 Å². The summed E-state index contributed by atoms with van der Waals surface area (Å²) in [5.74, 6) is 1.89. The molecule has 1 aromatic carbocycles. The lowest BCUT2D eigenvalue weighted by Gasteiger charge is -2.15. The van der Waals surface area contributed by atoms with Crippen molar-refractivity contribution in [2.45, 2.75) is 19.4 Å². The molecule has 0 atom stereocenters. The lowest BCUT2D eigenvalue weighted by molar-refractivity contribution is -0.127. The average molecular weight is 337 g/mol. The van der Waals surface area contributed by atoms with E-state index < -0.39 is 0 Å². The second-order valence-electron chi connectivity index (χ2n) is 5.42. The number of guanidine groups is 1. The first-order valence-corrected chi connectivity index (χ1v) is 9.28. The van der Waals surface area contributed by atoms with Crippen molar-refractivity contribution in [3.05, 3.63) is 35.9 Å². The Balaban J connectivity index is 2.50. The first-order chi connectivity index (χ1) is 11.1. The fourth-order valence-electron chi connectivity index (χ4n) is 1.82. The summed E-state index contributed by atoms with van der Waals surface area (Å²) in [5, 5.41) is 6.41. The summed E-state index contributed by atoms with van der Waals surface area (Å²) in [4.78, 5) is 17.8. The fourth-order valence-corrected chi connectivity index (χ4v) is 2.32. The van der Waals surface area contributed by atoms with E-state index in [1.165, 1.54) is 12.2 Å². The number of nitrogens with one attached hydrogen (secondary N) is 2. The van der Waals surface area contributed by atoms with Crippen LogP contribution < -0.4 is 10.6 Å². The minimum absolute atomic E-state index is 0.0293. The minimum atomic E-state index is 0.0293. The molecule has 0 fully saturated rings. The molecule has 0 aliphatic carbocycles. The number of unbranched alkanes of at least 4 members (excludes halogenated alkanes) is 1. The number of amides is 1. The molecule has 128 valence electrons. The van der Waals surface area contributed by atoms with E-state index in [1.54, 1.807) is 19.0 Å². The van der Waals surface area contributed by atoms with Crippen molar-refractivity contribution in [2.24, 2.45) is 4.99 Å². The Kier molecular flexibility index (Phi) is 9.95. The van der Waals surface area contributed by atoms with E-state index in [1.807, 2.05) is 42.1 Å². The number of rotatable bonds is 9. The molecule has 0 heterocycles. The average Bonchev–Trinajstić information content (AvgIpc) is 2.56. The van der Waals surface area contributed by atoms with Gasteiger partial charge in [-0.1, -0.05) is 30.3 Å². The molecule has 0 aliphatic heterocycles. The Morgan fingerprint density at radius 1 is 1.17 bits per heavy atom. The highest BCUT2D eigenvalue weighted by atomic mass is 32.2. The highest BCUT2D eigenvalue weighted by molar-refractivity contribution is 7.98. The van der Waals surface area contributed by atoms with E-state index in [0.717, 1.165) is 18.5 Å². The number of carbonyl (C=O) groups is 1. The number of likely N-dealkylation sites (N-methyl/N-ethyl adjacent to an activating group) is 1. The molecule has 1 rings (SSSR count). The normalized spacial score (nSPS) is 11.2. The number of benzene rings is 1. The zero-order valence-electron chi connectivity index (χ0n) is 14.3. The minimum Gasteiger partial charge on any atom is -0.356 e. The Labute approximate surface area is 143 Å². The highest BCUT2D eigenvalue weighted by Gasteiger charge is 2.05. The molecule has 0 radical (unpaired) electrons. The van der Waals surface area contributed by atoms with E-state index in [4.69, 9.17) is 0 Å². The van der Waals surface area contributed by atoms with Gasteiger partial charge in [0, 0.05) is 20.6 Å². The maximum Gasteiger partial charge on any atom is 0.241 e. The number of hydrogen-bond acceptors (Lipinski definition) is 3. The molecule has 1 amide bonds. The topological polar surface area (TPSA) is 56.7 Å². The van der Waals surface area contributed by atoms with Crippen LogP contribution in [0.3, 0.4) is 0 Å². The third kappa shape index (κ3) is 9.13. The summed E-state index contributed by atoms with van der Waals surface area (Å²) in [6.07, 6.45) is 4.39. The number of hydrogen-bond donors (Lipinski definition) is 2. The van der Waals surface area contributed by atoms with E-state index >= 15 is 0 Å². The van der Waals surface area contributed by atoms with Gasteiger partial charge in [-0.05, 0) is 30.4 Å². The third-order valence-electron chi connectivity index (χ3n) is 3.24. The van der Waals surface area contributed by atoms with Crippen molar-refractivity contribution in [3.63, 3.8) is 0 Å². The van der Waals surface area contributed by atoms with Crippen LogP contribution in [0.25, 0.3) is 0 Å². The van der Waals surface area contributed by atoms with Gasteiger partial charge in [0.25, 0.3) is 0 Å². The van der Waals surface area contributed by atoms with Gasteiger partial charge in [-0.2, -0.15) is 11.8 Å². The van der Waals surface area contributed by atoms with Crippen molar-refractivity contribution in [1.82, 2.24) is 15.5 Å². The molecule has 0 saturated heterocycles. The Morgan fingerprint density at radius 3 is 2.57 bits per heavy atom. The SMILES string of the molecule is CSCCCCNC(=NCc1ccccc1)NCC(=O)N(C)C. The molecule has 23 heavy (non-hydrogen) atoms. The summed E-state index contributed by atoms with van der Waals surface area (Å²) >= 11 is 1.86. The number of carbonyl (C=O) groups excluding carboxylic acids is 1. The lowest BCUT2D eigenvalue weighted by atomic mass is 10.2. The Bertz CT molecular complexity index is 477. The largest absolute Gasteiger partial charge is 0.356 e.